The molecule has 1 aromatic heterocycles. The molecule has 0 atom stereocenters. The predicted octanol–water partition coefficient (Wildman–Crippen LogP) is 5.76. The molecule has 0 unspecified atom stereocenters. The van der Waals surface area contributed by atoms with Crippen LogP contribution < -0.4 is 10.1 Å². The van der Waals surface area contributed by atoms with Crippen molar-refractivity contribution in [3.05, 3.63) is 88.9 Å². The zero-order chi connectivity index (χ0) is 22.7. The molecule has 0 aliphatic heterocycles. The highest BCUT2D eigenvalue weighted by atomic mass is 35.5. The van der Waals surface area contributed by atoms with E-state index in [1.54, 1.807) is 7.11 Å². The minimum atomic E-state index is -3.94. The SMILES string of the molecule is COc1ccc(CNc2oc(-c3ccc(C)cc3)nc2S(=O)(=O)c2ccc(Cl)cc2)cc1. The van der Waals surface area contributed by atoms with Crippen LogP contribution in [0.5, 0.6) is 5.75 Å². The van der Waals surface area contributed by atoms with Gasteiger partial charge in [0.15, 0.2) is 0 Å². The number of rotatable bonds is 7. The summed E-state index contributed by atoms with van der Waals surface area (Å²) in [6, 6.07) is 20.9. The number of ether oxygens (including phenoxy) is 1. The summed E-state index contributed by atoms with van der Waals surface area (Å²) < 4.78 is 37.7. The lowest BCUT2D eigenvalue weighted by Gasteiger charge is -2.07. The fraction of sp³-hybridized carbons (Fsp3) is 0.125. The standard InChI is InChI=1S/C24H21ClN2O4S/c1-16-3-7-18(8-4-16)22-27-24(32(28,29)21-13-9-19(25)10-14-21)23(31-22)26-15-17-5-11-20(30-2)12-6-17/h3-14,26H,15H2,1-2H3. The Balaban J connectivity index is 1.72. The van der Waals surface area contributed by atoms with Gasteiger partial charge in [-0.3, -0.25) is 0 Å². The molecule has 1 heterocycles. The van der Waals surface area contributed by atoms with Crippen LogP contribution in [0, 0.1) is 6.92 Å². The maximum Gasteiger partial charge on any atom is 0.234 e. The smallest absolute Gasteiger partial charge is 0.234 e. The van der Waals surface area contributed by atoms with E-state index >= 15 is 0 Å². The van der Waals surface area contributed by atoms with Crippen molar-refractivity contribution in [2.75, 3.05) is 12.4 Å². The highest BCUT2D eigenvalue weighted by molar-refractivity contribution is 7.91. The normalized spacial score (nSPS) is 11.3. The van der Waals surface area contributed by atoms with E-state index in [0.717, 1.165) is 16.9 Å². The molecule has 0 spiro atoms. The van der Waals surface area contributed by atoms with Crippen molar-refractivity contribution in [1.29, 1.82) is 0 Å². The number of aromatic nitrogens is 1. The Labute approximate surface area is 191 Å². The molecule has 0 aliphatic rings. The molecule has 164 valence electrons. The number of hydrogen-bond donors (Lipinski definition) is 1. The van der Waals surface area contributed by atoms with E-state index < -0.39 is 9.84 Å². The molecule has 3 aromatic carbocycles. The molecule has 0 aliphatic carbocycles. The van der Waals surface area contributed by atoms with Gasteiger partial charge < -0.3 is 14.5 Å². The molecule has 32 heavy (non-hydrogen) atoms. The molecular weight excluding hydrogens is 448 g/mol. The highest BCUT2D eigenvalue weighted by Gasteiger charge is 2.28. The summed E-state index contributed by atoms with van der Waals surface area (Å²) in [6.07, 6.45) is 0. The molecule has 0 saturated heterocycles. The van der Waals surface area contributed by atoms with Gasteiger partial charge in [0.1, 0.15) is 5.75 Å². The van der Waals surface area contributed by atoms with Crippen LogP contribution in [0.4, 0.5) is 5.88 Å². The average molecular weight is 469 g/mol. The first kappa shape index (κ1) is 21.9. The van der Waals surface area contributed by atoms with Gasteiger partial charge >= 0.3 is 0 Å². The molecule has 4 aromatic rings. The first-order valence-electron chi connectivity index (χ1n) is 9.82. The van der Waals surface area contributed by atoms with Crippen molar-refractivity contribution in [1.82, 2.24) is 4.98 Å². The Morgan fingerprint density at radius 1 is 0.969 bits per heavy atom. The predicted molar refractivity (Wildman–Crippen MR) is 124 cm³/mol. The third-order valence-electron chi connectivity index (χ3n) is 4.89. The molecule has 0 amide bonds. The van der Waals surface area contributed by atoms with Crippen molar-refractivity contribution in [3.8, 4) is 17.2 Å². The molecule has 0 radical (unpaired) electrons. The van der Waals surface area contributed by atoms with E-state index in [9.17, 15) is 8.42 Å². The number of benzene rings is 3. The van der Waals surface area contributed by atoms with Crippen LogP contribution in [0.3, 0.4) is 0 Å². The largest absolute Gasteiger partial charge is 0.497 e. The maximum absolute atomic E-state index is 13.3. The van der Waals surface area contributed by atoms with Crippen LogP contribution >= 0.6 is 11.6 Å². The van der Waals surface area contributed by atoms with E-state index in [1.165, 1.54) is 24.3 Å². The van der Waals surface area contributed by atoms with Gasteiger partial charge in [0.25, 0.3) is 0 Å². The Bertz CT molecular complexity index is 1310. The van der Waals surface area contributed by atoms with Crippen molar-refractivity contribution < 1.29 is 17.6 Å². The number of nitrogens with zero attached hydrogens (tertiary/aromatic N) is 1. The van der Waals surface area contributed by atoms with Crippen LogP contribution in [0.25, 0.3) is 11.5 Å². The lowest BCUT2D eigenvalue weighted by molar-refractivity contribution is 0.414. The van der Waals surface area contributed by atoms with Crippen molar-refractivity contribution in [2.24, 2.45) is 0 Å². The van der Waals surface area contributed by atoms with Crippen LogP contribution in [-0.4, -0.2) is 20.5 Å². The van der Waals surface area contributed by atoms with Crippen LogP contribution in [-0.2, 0) is 16.4 Å². The molecule has 1 N–H and O–H groups in total. The number of oxazole rings is 1. The molecule has 6 nitrogen and oxygen atoms in total. The van der Waals surface area contributed by atoms with Crippen LogP contribution in [0.1, 0.15) is 11.1 Å². The maximum atomic E-state index is 13.3. The zero-order valence-corrected chi connectivity index (χ0v) is 19.1. The van der Waals surface area contributed by atoms with Gasteiger partial charge in [-0.25, -0.2) is 8.42 Å². The molecule has 4 rings (SSSR count). The van der Waals surface area contributed by atoms with E-state index in [0.29, 0.717) is 17.1 Å². The molecule has 8 heteroatoms. The number of sulfone groups is 1. The summed E-state index contributed by atoms with van der Waals surface area (Å²) in [5.74, 6) is 1.03. The first-order chi connectivity index (χ1) is 15.4. The van der Waals surface area contributed by atoms with E-state index in [-0.39, 0.29) is 21.7 Å². The van der Waals surface area contributed by atoms with Crippen molar-refractivity contribution in [3.63, 3.8) is 0 Å². The van der Waals surface area contributed by atoms with Gasteiger partial charge in [0, 0.05) is 17.1 Å². The molecule has 0 saturated carbocycles. The summed E-state index contributed by atoms with van der Waals surface area (Å²) in [5.41, 5.74) is 2.68. The zero-order valence-electron chi connectivity index (χ0n) is 17.5. The fourth-order valence-electron chi connectivity index (χ4n) is 3.07. The molecular formula is C24H21ClN2O4S. The van der Waals surface area contributed by atoms with E-state index in [4.69, 9.17) is 20.8 Å². The number of anilines is 1. The summed E-state index contributed by atoms with van der Waals surface area (Å²) >= 11 is 5.92. The minimum Gasteiger partial charge on any atom is -0.497 e. The Kier molecular flexibility index (Phi) is 6.21. The fourth-order valence-corrected chi connectivity index (χ4v) is 4.48. The second-order valence-corrected chi connectivity index (χ2v) is 9.48. The van der Waals surface area contributed by atoms with Crippen LogP contribution in [0.2, 0.25) is 5.02 Å². The van der Waals surface area contributed by atoms with Gasteiger partial charge in [-0.2, -0.15) is 4.98 Å². The van der Waals surface area contributed by atoms with Gasteiger partial charge in [-0.05, 0) is 61.0 Å². The number of methoxy groups -OCH3 is 1. The Hall–Kier alpha value is -3.29. The second kappa shape index (κ2) is 9.06. The Morgan fingerprint density at radius 2 is 1.62 bits per heavy atom. The lowest BCUT2D eigenvalue weighted by atomic mass is 10.1. The van der Waals surface area contributed by atoms with Gasteiger partial charge in [0.05, 0.1) is 12.0 Å². The number of nitrogens with one attached hydrogen (secondary N) is 1. The van der Waals surface area contributed by atoms with Gasteiger partial charge in [-0.15, -0.1) is 0 Å². The molecule has 0 bridgehead atoms. The monoisotopic (exact) mass is 468 g/mol. The highest BCUT2D eigenvalue weighted by Crippen LogP contribution is 2.33. The molecule has 0 fully saturated rings. The number of aryl methyl sites for hydroxylation is 1. The van der Waals surface area contributed by atoms with E-state index in [2.05, 4.69) is 10.3 Å². The van der Waals surface area contributed by atoms with E-state index in [1.807, 2.05) is 55.5 Å². The number of halogens is 1. The average Bonchev–Trinajstić information content (AvgIpc) is 3.24. The summed E-state index contributed by atoms with van der Waals surface area (Å²) in [4.78, 5) is 4.43. The number of hydrogen-bond acceptors (Lipinski definition) is 6. The topological polar surface area (TPSA) is 81.4 Å². The second-order valence-electron chi connectivity index (χ2n) is 7.18. The van der Waals surface area contributed by atoms with Gasteiger partial charge in [0.2, 0.25) is 26.6 Å². The van der Waals surface area contributed by atoms with Crippen molar-refractivity contribution >= 4 is 27.3 Å². The minimum absolute atomic E-state index is 0.0753. The summed E-state index contributed by atoms with van der Waals surface area (Å²) in [5, 5.41) is 3.35. The summed E-state index contributed by atoms with van der Waals surface area (Å²) in [6.45, 7) is 2.31. The quantitative estimate of drug-likeness (QED) is 0.371. The Morgan fingerprint density at radius 3 is 2.25 bits per heavy atom. The van der Waals surface area contributed by atoms with Gasteiger partial charge in [-0.1, -0.05) is 41.4 Å². The third-order valence-corrected chi connectivity index (χ3v) is 6.82. The van der Waals surface area contributed by atoms with Crippen LogP contribution in [0.15, 0.2) is 87.1 Å². The third kappa shape index (κ3) is 4.64. The summed E-state index contributed by atoms with van der Waals surface area (Å²) in [7, 11) is -2.34. The van der Waals surface area contributed by atoms with Crippen molar-refractivity contribution in [2.45, 2.75) is 23.4 Å². The lowest BCUT2D eigenvalue weighted by Crippen LogP contribution is -2.07. The first-order valence-corrected chi connectivity index (χ1v) is 11.7.